The van der Waals surface area contributed by atoms with Gasteiger partial charge in [-0.05, 0) is 19.0 Å². The van der Waals surface area contributed by atoms with Crippen LogP contribution in [0.3, 0.4) is 0 Å². The monoisotopic (exact) mass is 233 g/mol. The fourth-order valence-corrected chi connectivity index (χ4v) is 2.51. The van der Waals surface area contributed by atoms with E-state index in [1.807, 2.05) is 12.1 Å². The number of nitrogens with one attached hydrogen (secondary N) is 1. The van der Waals surface area contributed by atoms with E-state index in [2.05, 4.69) is 5.32 Å². The van der Waals surface area contributed by atoms with E-state index in [0.717, 1.165) is 37.1 Å². The molecule has 2 heterocycles. The number of ether oxygens (including phenoxy) is 2. The summed E-state index contributed by atoms with van der Waals surface area (Å²) in [6, 6.07) is 3.82. The van der Waals surface area contributed by atoms with E-state index in [4.69, 9.17) is 9.47 Å². The predicted octanol–water partition coefficient (Wildman–Crippen LogP) is 1.35. The van der Waals surface area contributed by atoms with Crippen LogP contribution >= 0.6 is 0 Å². The number of hydrogen-bond acceptors (Lipinski definition) is 4. The summed E-state index contributed by atoms with van der Waals surface area (Å²) in [5.41, 5.74) is 1.74. The molecule has 17 heavy (non-hydrogen) atoms. The van der Waals surface area contributed by atoms with Gasteiger partial charge in [0.2, 0.25) is 0 Å². The quantitative estimate of drug-likeness (QED) is 0.783. The van der Waals surface area contributed by atoms with Crippen LogP contribution in [-0.4, -0.2) is 32.6 Å². The third-order valence-corrected chi connectivity index (χ3v) is 3.38. The molecule has 1 unspecified atom stereocenters. The maximum absolute atomic E-state index is 11.0. The third kappa shape index (κ3) is 1.78. The first-order valence-electron chi connectivity index (χ1n) is 5.98. The second-order valence-corrected chi connectivity index (χ2v) is 4.41. The zero-order chi connectivity index (χ0) is 11.7. The Balaban J connectivity index is 2.06. The van der Waals surface area contributed by atoms with Gasteiger partial charge in [-0.3, -0.25) is 4.79 Å². The van der Waals surface area contributed by atoms with Crippen molar-refractivity contribution in [3.8, 4) is 11.5 Å². The first kappa shape index (κ1) is 10.6. The van der Waals surface area contributed by atoms with E-state index in [-0.39, 0.29) is 0 Å². The van der Waals surface area contributed by atoms with Gasteiger partial charge in [-0.15, -0.1) is 0 Å². The van der Waals surface area contributed by atoms with Crippen LogP contribution < -0.4 is 14.8 Å². The average Bonchev–Trinajstić information content (AvgIpc) is 2.91. The van der Waals surface area contributed by atoms with Gasteiger partial charge in [0.25, 0.3) is 0 Å². The molecule has 0 aromatic heterocycles. The van der Waals surface area contributed by atoms with Gasteiger partial charge < -0.3 is 14.8 Å². The Kier molecular flexibility index (Phi) is 2.73. The third-order valence-electron chi connectivity index (χ3n) is 3.38. The zero-order valence-electron chi connectivity index (χ0n) is 9.57. The molecule has 1 aromatic rings. The van der Waals surface area contributed by atoms with Crippen LogP contribution in [0.2, 0.25) is 0 Å². The van der Waals surface area contributed by atoms with Crippen molar-refractivity contribution in [2.45, 2.75) is 12.3 Å². The summed E-state index contributed by atoms with van der Waals surface area (Å²) in [7, 11) is 0. The van der Waals surface area contributed by atoms with Gasteiger partial charge in [-0.25, -0.2) is 0 Å². The van der Waals surface area contributed by atoms with Crippen molar-refractivity contribution in [1.82, 2.24) is 5.32 Å². The molecule has 2 aliphatic heterocycles. The summed E-state index contributed by atoms with van der Waals surface area (Å²) >= 11 is 0. The molecule has 90 valence electrons. The smallest absolute Gasteiger partial charge is 0.172 e. The number of carbonyl (C=O) groups excluding carboxylic acids is 1. The Labute approximate surface area is 99.9 Å². The lowest BCUT2D eigenvalue weighted by Gasteiger charge is -2.24. The molecule has 0 spiro atoms. The lowest BCUT2D eigenvalue weighted by molar-refractivity contribution is 0.111. The fraction of sp³-hybridized carbons (Fsp3) is 0.462. The number of benzene rings is 1. The summed E-state index contributed by atoms with van der Waals surface area (Å²) in [5, 5.41) is 3.34. The summed E-state index contributed by atoms with van der Waals surface area (Å²) in [6.07, 6.45) is 1.93. The van der Waals surface area contributed by atoms with Gasteiger partial charge in [0.05, 0.1) is 5.56 Å². The molecule has 0 aliphatic carbocycles. The van der Waals surface area contributed by atoms with Gasteiger partial charge in [0.15, 0.2) is 17.8 Å². The van der Waals surface area contributed by atoms with Crippen molar-refractivity contribution in [1.29, 1.82) is 0 Å². The van der Waals surface area contributed by atoms with Crippen molar-refractivity contribution in [2.75, 3.05) is 26.3 Å². The first-order chi connectivity index (χ1) is 8.40. The number of fused-ring (bicyclic) bond motifs is 1. The molecule has 1 aromatic carbocycles. The highest BCUT2D eigenvalue weighted by molar-refractivity contribution is 5.82. The maximum Gasteiger partial charge on any atom is 0.172 e. The lowest BCUT2D eigenvalue weighted by Crippen LogP contribution is -2.19. The molecule has 0 radical (unpaired) electrons. The second kappa shape index (κ2) is 4.37. The Morgan fingerprint density at radius 1 is 1.24 bits per heavy atom. The minimum absolute atomic E-state index is 0.464. The molecule has 4 heteroatoms. The molecule has 0 bridgehead atoms. The number of rotatable bonds is 2. The van der Waals surface area contributed by atoms with E-state index < -0.39 is 0 Å². The van der Waals surface area contributed by atoms with Gasteiger partial charge >= 0.3 is 0 Å². The number of hydrogen-bond donors (Lipinski definition) is 1. The Morgan fingerprint density at radius 3 is 2.76 bits per heavy atom. The Bertz CT molecular complexity index is 439. The zero-order valence-corrected chi connectivity index (χ0v) is 9.57. The second-order valence-electron chi connectivity index (χ2n) is 4.41. The van der Waals surface area contributed by atoms with Crippen molar-refractivity contribution in [2.24, 2.45) is 0 Å². The van der Waals surface area contributed by atoms with Gasteiger partial charge in [0, 0.05) is 18.0 Å². The van der Waals surface area contributed by atoms with E-state index in [1.165, 1.54) is 0 Å². The van der Waals surface area contributed by atoms with Crippen LogP contribution in [0.15, 0.2) is 12.1 Å². The summed E-state index contributed by atoms with van der Waals surface area (Å²) in [5.74, 6) is 1.86. The van der Waals surface area contributed by atoms with Crippen molar-refractivity contribution in [3.05, 3.63) is 23.3 Å². The van der Waals surface area contributed by atoms with Crippen molar-refractivity contribution >= 4 is 6.29 Å². The topological polar surface area (TPSA) is 47.6 Å². The highest BCUT2D eigenvalue weighted by atomic mass is 16.6. The molecular formula is C13H15NO3. The minimum Gasteiger partial charge on any atom is -0.486 e. The van der Waals surface area contributed by atoms with Crippen LogP contribution in [-0.2, 0) is 0 Å². The van der Waals surface area contributed by atoms with Crippen molar-refractivity contribution in [3.63, 3.8) is 0 Å². The molecule has 0 amide bonds. The molecule has 0 saturated carbocycles. The van der Waals surface area contributed by atoms with Crippen LogP contribution in [0, 0.1) is 0 Å². The van der Waals surface area contributed by atoms with Crippen molar-refractivity contribution < 1.29 is 14.3 Å². The standard InChI is InChI=1S/C13H15NO3/c15-8-10-1-2-11(9-3-4-14-7-9)13-12(10)16-5-6-17-13/h1-2,8-9,14H,3-7H2. The molecule has 1 fully saturated rings. The van der Waals surface area contributed by atoms with E-state index in [9.17, 15) is 4.79 Å². The lowest BCUT2D eigenvalue weighted by atomic mass is 9.95. The minimum atomic E-state index is 0.464. The van der Waals surface area contributed by atoms with Gasteiger partial charge in [0.1, 0.15) is 13.2 Å². The van der Waals surface area contributed by atoms with E-state index in [0.29, 0.717) is 30.4 Å². The molecule has 1 N–H and O–H groups in total. The highest BCUT2D eigenvalue weighted by Gasteiger charge is 2.26. The van der Waals surface area contributed by atoms with Gasteiger partial charge in [-0.1, -0.05) is 6.07 Å². The molecule has 4 nitrogen and oxygen atoms in total. The van der Waals surface area contributed by atoms with Crippen LogP contribution in [0.25, 0.3) is 0 Å². The molecular weight excluding hydrogens is 218 g/mol. The SMILES string of the molecule is O=Cc1ccc(C2CCNC2)c2c1OCCO2. The highest BCUT2D eigenvalue weighted by Crippen LogP contribution is 2.41. The van der Waals surface area contributed by atoms with Crippen LogP contribution in [0.1, 0.15) is 28.3 Å². The van der Waals surface area contributed by atoms with E-state index in [1.54, 1.807) is 0 Å². The first-order valence-corrected chi connectivity index (χ1v) is 5.98. The maximum atomic E-state index is 11.0. The molecule has 1 atom stereocenters. The molecule has 3 rings (SSSR count). The normalized spacial score (nSPS) is 22.5. The Morgan fingerprint density at radius 2 is 2.06 bits per heavy atom. The van der Waals surface area contributed by atoms with Crippen LogP contribution in [0.4, 0.5) is 0 Å². The summed E-state index contributed by atoms with van der Waals surface area (Å²) < 4.78 is 11.3. The average molecular weight is 233 g/mol. The Hall–Kier alpha value is -1.55. The predicted molar refractivity (Wildman–Crippen MR) is 63.0 cm³/mol. The van der Waals surface area contributed by atoms with Crippen LogP contribution in [0.5, 0.6) is 11.5 Å². The largest absolute Gasteiger partial charge is 0.486 e. The fourth-order valence-electron chi connectivity index (χ4n) is 2.51. The number of aldehydes is 1. The summed E-state index contributed by atoms with van der Waals surface area (Å²) in [6.45, 7) is 3.08. The molecule has 2 aliphatic rings. The van der Waals surface area contributed by atoms with E-state index >= 15 is 0 Å². The number of carbonyl (C=O) groups is 1. The molecule has 1 saturated heterocycles. The summed E-state index contributed by atoms with van der Waals surface area (Å²) in [4.78, 5) is 11.0. The van der Waals surface area contributed by atoms with Gasteiger partial charge in [-0.2, -0.15) is 0 Å².